The minimum atomic E-state index is -3.53. The SMILES string of the molecule is CSc1nsc(SCC(=O)Nc2ccc(S(=O)(=O)N3CCOCC3)cc2)n1. The minimum absolute atomic E-state index is 0.190. The maximum Gasteiger partial charge on any atom is 0.243 e. The van der Waals surface area contributed by atoms with Gasteiger partial charge >= 0.3 is 0 Å². The molecule has 2 aromatic rings. The van der Waals surface area contributed by atoms with Crippen molar-refractivity contribution in [2.45, 2.75) is 14.4 Å². The molecule has 0 aliphatic carbocycles. The van der Waals surface area contributed by atoms with Crippen molar-refractivity contribution in [2.75, 3.05) is 43.6 Å². The van der Waals surface area contributed by atoms with Crippen LogP contribution in [0.2, 0.25) is 0 Å². The number of hydrogen-bond donors (Lipinski definition) is 1. The normalized spacial score (nSPS) is 15.6. The second kappa shape index (κ2) is 9.34. The molecule has 0 unspecified atom stereocenters. The van der Waals surface area contributed by atoms with Gasteiger partial charge in [0.05, 0.1) is 23.9 Å². The number of nitrogens with zero attached hydrogens (tertiary/aromatic N) is 3. The maximum atomic E-state index is 12.6. The van der Waals surface area contributed by atoms with Crippen LogP contribution in [0, 0.1) is 0 Å². The van der Waals surface area contributed by atoms with E-state index in [-0.39, 0.29) is 16.6 Å². The average Bonchev–Trinajstić information content (AvgIpc) is 3.16. The van der Waals surface area contributed by atoms with E-state index >= 15 is 0 Å². The van der Waals surface area contributed by atoms with Crippen LogP contribution in [0.4, 0.5) is 5.69 Å². The minimum Gasteiger partial charge on any atom is -0.379 e. The molecular formula is C15H18N4O4S4. The number of rotatable bonds is 7. The van der Waals surface area contributed by atoms with E-state index in [9.17, 15) is 13.2 Å². The summed E-state index contributed by atoms with van der Waals surface area (Å²) in [5.41, 5.74) is 0.545. The molecule has 146 valence electrons. The summed E-state index contributed by atoms with van der Waals surface area (Å²) in [7, 11) is -3.53. The standard InChI is InChI=1S/C15H18N4O4S4/c1-24-14-17-15(26-18-14)25-10-13(20)16-11-2-4-12(5-3-11)27(21,22)19-6-8-23-9-7-19/h2-5H,6-10H2,1H3,(H,16,20). The molecule has 0 radical (unpaired) electrons. The van der Waals surface area contributed by atoms with E-state index in [2.05, 4.69) is 14.7 Å². The summed E-state index contributed by atoms with van der Waals surface area (Å²) in [5, 5.41) is 3.45. The summed E-state index contributed by atoms with van der Waals surface area (Å²) in [5.74, 6) is 0.0151. The Balaban J connectivity index is 1.55. The van der Waals surface area contributed by atoms with Gasteiger partial charge in [-0.3, -0.25) is 4.79 Å². The summed E-state index contributed by atoms with van der Waals surface area (Å²) >= 11 is 4.03. The number of morpholine rings is 1. The lowest BCUT2D eigenvalue weighted by Crippen LogP contribution is -2.40. The number of anilines is 1. The highest BCUT2D eigenvalue weighted by Gasteiger charge is 2.26. The molecule has 1 fully saturated rings. The molecule has 0 bridgehead atoms. The lowest BCUT2D eigenvalue weighted by molar-refractivity contribution is -0.113. The van der Waals surface area contributed by atoms with Gasteiger partial charge in [0.15, 0.2) is 4.34 Å². The fourth-order valence-corrected chi connectivity index (χ4v) is 5.73. The third-order valence-electron chi connectivity index (χ3n) is 3.64. The summed E-state index contributed by atoms with van der Waals surface area (Å²) in [4.78, 5) is 16.5. The topological polar surface area (TPSA) is 101 Å². The predicted octanol–water partition coefficient (Wildman–Crippen LogP) is 2.01. The van der Waals surface area contributed by atoms with Crippen molar-refractivity contribution in [3.63, 3.8) is 0 Å². The fraction of sp³-hybridized carbons (Fsp3) is 0.400. The Hall–Kier alpha value is -1.18. The molecule has 0 saturated carbocycles. The monoisotopic (exact) mass is 446 g/mol. The first-order valence-electron chi connectivity index (χ1n) is 7.97. The van der Waals surface area contributed by atoms with Gasteiger partial charge < -0.3 is 10.1 Å². The van der Waals surface area contributed by atoms with Crippen LogP contribution in [0.25, 0.3) is 0 Å². The van der Waals surface area contributed by atoms with Crippen LogP contribution in [-0.2, 0) is 19.6 Å². The summed E-state index contributed by atoms with van der Waals surface area (Å²) in [6.07, 6.45) is 1.89. The van der Waals surface area contributed by atoms with Crippen LogP contribution >= 0.6 is 35.1 Å². The summed E-state index contributed by atoms with van der Waals surface area (Å²) in [6, 6.07) is 6.19. The number of hydrogen-bond acceptors (Lipinski definition) is 9. The van der Waals surface area contributed by atoms with E-state index in [0.717, 1.165) is 4.34 Å². The van der Waals surface area contributed by atoms with E-state index in [1.54, 1.807) is 12.1 Å². The summed E-state index contributed by atoms with van der Waals surface area (Å²) in [6.45, 7) is 1.50. The molecule has 27 heavy (non-hydrogen) atoms. The Morgan fingerprint density at radius 1 is 1.30 bits per heavy atom. The van der Waals surface area contributed by atoms with Crippen LogP contribution in [0.15, 0.2) is 38.7 Å². The van der Waals surface area contributed by atoms with E-state index in [1.807, 2.05) is 6.26 Å². The van der Waals surface area contributed by atoms with Crippen LogP contribution in [-0.4, -0.2) is 66.3 Å². The van der Waals surface area contributed by atoms with E-state index in [0.29, 0.717) is 37.1 Å². The highest BCUT2D eigenvalue weighted by molar-refractivity contribution is 8.01. The van der Waals surface area contributed by atoms with Crippen LogP contribution in [0.5, 0.6) is 0 Å². The van der Waals surface area contributed by atoms with Crippen molar-refractivity contribution in [1.29, 1.82) is 0 Å². The smallest absolute Gasteiger partial charge is 0.243 e. The molecule has 1 N–H and O–H groups in total. The largest absolute Gasteiger partial charge is 0.379 e. The number of thioether (sulfide) groups is 2. The lowest BCUT2D eigenvalue weighted by Gasteiger charge is -2.26. The number of nitrogens with one attached hydrogen (secondary N) is 1. The fourth-order valence-electron chi connectivity index (χ4n) is 2.31. The van der Waals surface area contributed by atoms with Gasteiger partial charge in [-0.15, -0.1) is 0 Å². The molecule has 1 amide bonds. The molecule has 1 aliphatic rings. The average molecular weight is 447 g/mol. The van der Waals surface area contributed by atoms with Gasteiger partial charge in [-0.1, -0.05) is 23.5 Å². The third kappa shape index (κ3) is 5.42. The quantitative estimate of drug-likeness (QED) is 0.645. The molecule has 0 spiro atoms. The number of aromatic nitrogens is 2. The van der Waals surface area contributed by atoms with Gasteiger partial charge in [-0.25, -0.2) is 13.4 Å². The lowest BCUT2D eigenvalue weighted by atomic mass is 10.3. The molecule has 12 heteroatoms. The van der Waals surface area contributed by atoms with Gasteiger partial charge in [-0.05, 0) is 42.1 Å². The molecule has 2 heterocycles. The number of ether oxygens (including phenoxy) is 1. The van der Waals surface area contributed by atoms with E-state index in [1.165, 1.54) is 51.5 Å². The number of carbonyl (C=O) groups excluding carboxylic acids is 1. The predicted molar refractivity (Wildman–Crippen MR) is 107 cm³/mol. The second-order valence-corrected chi connectivity index (χ2v) is 10.1. The molecule has 1 saturated heterocycles. The highest BCUT2D eigenvalue weighted by atomic mass is 32.2. The zero-order valence-electron chi connectivity index (χ0n) is 14.5. The van der Waals surface area contributed by atoms with Crippen molar-refractivity contribution >= 4 is 56.7 Å². The molecule has 1 aromatic heterocycles. The molecule has 0 atom stereocenters. The number of carbonyl (C=O) groups is 1. The van der Waals surface area contributed by atoms with Crippen molar-refractivity contribution in [3.8, 4) is 0 Å². The van der Waals surface area contributed by atoms with Crippen molar-refractivity contribution in [3.05, 3.63) is 24.3 Å². The van der Waals surface area contributed by atoms with Crippen LogP contribution in [0.1, 0.15) is 0 Å². The number of amides is 1. The third-order valence-corrected chi connectivity index (χ3v) is 8.05. The molecule has 1 aromatic carbocycles. The van der Waals surface area contributed by atoms with Crippen molar-refractivity contribution < 1.29 is 17.9 Å². The van der Waals surface area contributed by atoms with Crippen molar-refractivity contribution in [1.82, 2.24) is 13.7 Å². The van der Waals surface area contributed by atoms with Crippen LogP contribution < -0.4 is 5.32 Å². The van der Waals surface area contributed by atoms with Gasteiger partial charge in [-0.2, -0.15) is 8.68 Å². The second-order valence-electron chi connectivity index (χ2n) is 5.42. The van der Waals surface area contributed by atoms with Gasteiger partial charge in [0.25, 0.3) is 0 Å². The maximum absolute atomic E-state index is 12.6. The van der Waals surface area contributed by atoms with Crippen LogP contribution in [0.3, 0.4) is 0 Å². The van der Waals surface area contributed by atoms with E-state index in [4.69, 9.17) is 4.74 Å². The highest BCUT2D eigenvalue weighted by Crippen LogP contribution is 2.24. The number of sulfonamides is 1. The first kappa shape index (κ1) is 20.6. The Kier molecular flexibility index (Phi) is 7.11. The van der Waals surface area contributed by atoms with Crippen molar-refractivity contribution in [2.24, 2.45) is 0 Å². The molecule has 3 rings (SSSR count). The molecule has 1 aliphatic heterocycles. The summed E-state index contributed by atoms with van der Waals surface area (Å²) < 4.78 is 36.6. The molecular weight excluding hydrogens is 428 g/mol. The Bertz CT molecular complexity index is 879. The zero-order chi connectivity index (χ0) is 19.3. The Labute approximate surface area is 170 Å². The Morgan fingerprint density at radius 2 is 2.00 bits per heavy atom. The van der Waals surface area contributed by atoms with Gasteiger partial charge in [0, 0.05) is 18.8 Å². The first-order chi connectivity index (χ1) is 13.0. The molecule has 8 nitrogen and oxygen atoms in total. The Morgan fingerprint density at radius 3 is 2.63 bits per heavy atom. The van der Waals surface area contributed by atoms with E-state index < -0.39 is 10.0 Å². The van der Waals surface area contributed by atoms with Gasteiger partial charge in [0.2, 0.25) is 21.1 Å². The van der Waals surface area contributed by atoms with Gasteiger partial charge in [0.1, 0.15) is 0 Å². The first-order valence-corrected chi connectivity index (χ1v) is 12.4. The number of benzene rings is 1. The zero-order valence-corrected chi connectivity index (χ0v) is 17.7.